The highest BCUT2D eigenvalue weighted by atomic mass is 16.5. The van der Waals surface area contributed by atoms with Gasteiger partial charge in [0.15, 0.2) is 0 Å². The summed E-state index contributed by atoms with van der Waals surface area (Å²) in [4.78, 5) is 2.41. The summed E-state index contributed by atoms with van der Waals surface area (Å²) < 4.78 is 5.87. The van der Waals surface area contributed by atoms with E-state index in [-0.39, 0.29) is 0 Å². The summed E-state index contributed by atoms with van der Waals surface area (Å²) in [6.07, 6.45) is 0. The van der Waals surface area contributed by atoms with Gasteiger partial charge in [-0.05, 0) is 31.7 Å². The first-order chi connectivity index (χ1) is 10.3. The Labute approximate surface area is 126 Å². The van der Waals surface area contributed by atoms with Crippen LogP contribution in [0.5, 0.6) is 5.75 Å². The van der Waals surface area contributed by atoms with Gasteiger partial charge in [0, 0.05) is 23.8 Å². The van der Waals surface area contributed by atoms with Gasteiger partial charge in [-0.3, -0.25) is 0 Å². The molecule has 2 aromatic rings. The maximum atomic E-state index is 5.87. The summed E-state index contributed by atoms with van der Waals surface area (Å²) in [7, 11) is 2.00. The zero-order valence-corrected chi connectivity index (χ0v) is 12.7. The number of rotatable bonds is 3. The van der Waals surface area contributed by atoms with Crippen LogP contribution in [0.4, 0.5) is 5.69 Å². The molecule has 1 atom stereocenters. The zero-order valence-electron chi connectivity index (χ0n) is 12.7. The predicted octanol–water partition coefficient (Wildman–Crippen LogP) is 3.37. The van der Waals surface area contributed by atoms with E-state index in [9.17, 15) is 0 Å². The zero-order chi connectivity index (χ0) is 14.7. The Morgan fingerprint density at radius 3 is 2.71 bits per heavy atom. The predicted molar refractivity (Wildman–Crippen MR) is 86.9 cm³/mol. The van der Waals surface area contributed by atoms with Gasteiger partial charge < -0.3 is 15.0 Å². The third kappa shape index (κ3) is 2.88. The first kappa shape index (κ1) is 14.0. The minimum absolute atomic E-state index is 0.334. The number of nitrogens with zero attached hydrogens (tertiary/aromatic N) is 1. The number of hydrogen-bond acceptors (Lipinski definition) is 3. The molecule has 1 N–H and O–H groups in total. The fraction of sp³-hybridized carbons (Fsp3) is 0.333. The molecular formula is C18H22N2O. The third-order valence-corrected chi connectivity index (χ3v) is 4.13. The molecule has 3 heteroatoms. The summed E-state index contributed by atoms with van der Waals surface area (Å²) in [5.74, 6) is 1.01. The van der Waals surface area contributed by atoms with Crippen molar-refractivity contribution in [3.05, 3.63) is 59.7 Å². The van der Waals surface area contributed by atoms with Crippen molar-refractivity contribution in [3.63, 3.8) is 0 Å². The molecular weight excluding hydrogens is 260 g/mol. The molecule has 0 saturated heterocycles. The summed E-state index contributed by atoms with van der Waals surface area (Å²) >= 11 is 0. The minimum atomic E-state index is 0.334. The Hall–Kier alpha value is -2.00. The average Bonchev–Trinajstić information content (AvgIpc) is 2.76. The molecule has 0 spiro atoms. The van der Waals surface area contributed by atoms with Gasteiger partial charge in [0.1, 0.15) is 12.4 Å². The summed E-state index contributed by atoms with van der Waals surface area (Å²) in [6.45, 7) is 4.71. The molecule has 0 bridgehead atoms. The Kier molecular flexibility index (Phi) is 4.11. The number of ether oxygens (including phenoxy) is 1. The van der Waals surface area contributed by atoms with Crippen LogP contribution in [-0.2, 0) is 6.54 Å². The van der Waals surface area contributed by atoms with E-state index in [4.69, 9.17) is 4.74 Å². The van der Waals surface area contributed by atoms with Crippen molar-refractivity contribution in [3.8, 4) is 5.75 Å². The summed E-state index contributed by atoms with van der Waals surface area (Å²) in [5.41, 5.74) is 3.88. The van der Waals surface area contributed by atoms with E-state index in [1.165, 1.54) is 16.8 Å². The highest BCUT2D eigenvalue weighted by Gasteiger charge is 2.18. The molecule has 1 heterocycles. The van der Waals surface area contributed by atoms with Crippen LogP contribution in [0, 0.1) is 0 Å². The summed E-state index contributed by atoms with van der Waals surface area (Å²) in [6, 6.07) is 17.3. The number of nitrogens with one attached hydrogen (secondary N) is 1. The van der Waals surface area contributed by atoms with Crippen LogP contribution in [-0.4, -0.2) is 20.2 Å². The SMILES string of the molecule is CNC(C)c1ccccc1N1CCOc2ccccc2C1. The number of benzene rings is 2. The van der Waals surface area contributed by atoms with Crippen molar-refractivity contribution in [1.82, 2.24) is 5.32 Å². The molecule has 0 fully saturated rings. The van der Waals surface area contributed by atoms with E-state index >= 15 is 0 Å². The topological polar surface area (TPSA) is 24.5 Å². The second kappa shape index (κ2) is 6.19. The fourth-order valence-corrected chi connectivity index (χ4v) is 2.83. The molecule has 1 unspecified atom stereocenters. The molecule has 0 amide bonds. The van der Waals surface area contributed by atoms with Gasteiger partial charge >= 0.3 is 0 Å². The van der Waals surface area contributed by atoms with Crippen LogP contribution in [0.25, 0.3) is 0 Å². The molecule has 21 heavy (non-hydrogen) atoms. The number of anilines is 1. The van der Waals surface area contributed by atoms with Crippen LogP contribution in [0.3, 0.4) is 0 Å². The van der Waals surface area contributed by atoms with Crippen LogP contribution >= 0.6 is 0 Å². The van der Waals surface area contributed by atoms with Crippen LogP contribution < -0.4 is 15.0 Å². The molecule has 2 aromatic carbocycles. The fourth-order valence-electron chi connectivity index (χ4n) is 2.83. The second-order valence-electron chi connectivity index (χ2n) is 5.45. The second-order valence-corrected chi connectivity index (χ2v) is 5.45. The maximum absolute atomic E-state index is 5.87. The van der Waals surface area contributed by atoms with Crippen molar-refractivity contribution in [1.29, 1.82) is 0 Å². The molecule has 0 aliphatic carbocycles. The Balaban J connectivity index is 1.94. The van der Waals surface area contributed by atoms with Crippen molar-refractivity contribution in [2.24, 2.45) is 0 Å². The lowest BCUT2D eigenvalue weighted by atomic mass is 10.0. The van der Waals surface area contributed by atoms with Gasteiger partial charge in [0.05, 0.1) is 6.54 Å². The van der Waals surface area contributed by atoms with Crippen LogP contribution in [0.15, 0.2) is 48.5 Å². The molecule has 0 radical (unpaired) electrons. The van der Waals surface area contributed by atoms with Crippen molar-refractivity contribution >= 4 is 5.69 Å². The Morgan fingerprint density at radius 1 is 1.10 bits per heavy atom. The lowest BCUT2D eigenvalue weighted by Crippen LogP contribution is -2.27. The average molecular weight is 282 g/mol. The van der Waals surface area contributed by atoms with E-state index in [1.807, 2.05) is 13.1 Å². The molecule has 3 nitrogen and oxygen atoms in total. The number of fused-ring (bicyclic) bond motifs is 1. The smallest absolute Gasteiger partial charge is 0.124 e. The first-order valence-corrected chi connectivity index (χ1v) is 7.51. The van der Waals surface area contributed by atoms with Gasteiger partial charge in [-0.25, -0.2) is 0 Å². The molecule has 110 valence electrons. The molecule has 0 aromatic heterocycles. The lowest BCUT2D eigenvalue weighted by molar-refractivity contribution is 0.331. The molecule has 0 saturated carbocycles. The first-order valence-electron chi connectivity index (χ1n) is 7.51. The largest absolute Gasteiger partial charge is 0.491 e. The van der Waals surface area contributed by atoms with Gasteiger partial charge in [0.2, 0.25) is 0 Å². The van der Waals surface area contributed by atoms with Crippen LogP contribution in [0.1, 0.15) is 24.1 Å². The molecule has 3 rings (SSSR count). The Bertz CT molecular complexity index is 612. The Morgan fingerprint density at radius 2 is 1.86 bits per heavy atom. The number of hydrogen-bond donors (Lipinski definition) is 1. The highest BCUT2D eigenvalue weighted by Crippen LogP contribution is 2.30. The molecule has 1 aliphatic rings. The van der Waals surface area contributed by atoms with Crippen molar-refractivity contribution in [2.45, 2.75) is 19.5 Å². The van der Waals surface area contributed by atoms with Crippen LogP contribution in [0.2, 0.25) is 0 Å². The van der Waals surface area contributed by atoms with Crippen molar-refractivity contribution in [2.75, 3.05) is 25.1 Å². The molecule has 1 aliphatic heterocycles. The highest BCUT2D eigenvalue weighted by molar-refractivity contribution is 5.56. The van der Waals surface area contributed by atoms with Gasteiger partial charge in [0.25, 0.3) is 0 Å². The maximum Gasteiger partial charge on any atom is 0.124 e. The van der Waals surface area contributed by atoms with Gasteiger partial charge in [-0.1, -0.05) is 36.4 Å². The van der Waals surface area contributed by atoms with Gasteiger partial charge in [-0.2, -0.15) is 0 Å². The standard InChI is InChI=1S/C18H22N2O/c1-14(19-2)16-8-4-5-9-17(16)20-11-12-21-18-10-6-3-7-15(18)13-20/h3-10,14,19H,11-13H2,1-2H3. The normalized spacial score (nSPS) is 15.8. The van der Waals surface area contributed by atoms with Gasteiger partial charge in [-0.15, -0.1) is 0 Å². The van der Waals surface area contributed by atoms with Crippen molar-refractivity contribution < 1.29 is 4.74 Å². The van der Waals surface area contributed by atoms with E-state index < -0.39 is 0 Å². The number of para-hydroxylation sites is 2. The lowest BCUT2D eigenvalue weighted by Gasteiger charge is -2.27. The monoisotopic (exact) mass is 282 g/mol. The van der Waals surface area contributed by atoms with E-state index in [0.717, 1.165) is 25.4 Å². The quantitative estimate of drug-likeness (QED) is 0.934. The van der Waals surface area contributed by atoms with E-state index in [0.29, 0.717) is 6.04 Å². The minimum Gasteiger partial charge on any atom is -0.491 e. The van der Waals surface area contributed by atoms with E-state index in [2.05, 4.69) is 59.6 Å². The third-order valence-electron chi connectivity index (χ3n) is 4.13. The van der Waals surface area contributed by atoms with E-state index in [1.54, 1.807) is 0 Å². The summed E-state index contributed by atoms with van der Waals surface area (Å²) in [5, 5.41) is 3.34.